The van der Waals surface area contributed by atoms with Crippen molar-refractivity contribution in [2.45, 2.75) is 44.6 Å². The van der Waals surface area contributed by atoms with Gasteiger partial charge in [-0.05, 0) is 50.4 Å². The van der Waals surface area contributed by atoms with E-state index in [4.69, 9.17) is 9.47 Å². The van der Waals surface area contributed by atoms with Gasteiger partial charge in [-0.2, -0.15) is 0 Å². The van der Waals surface area contributed by atoms with Crippen molar-refractivity contribution >= 4 is 5.97 Å². The van der Waals surface area contributed by atoms with E-state index < -0.39 is 0 Å². The van der Waals surface area contributed by atoms with Crippen LogP contribution in [0.3, 0.4) is 0 Å². The van der Waals surface area contributed by atoms with Gasteiger partial charge in [0.2, 0.25) is 0 Å². The van der Waals surface area contributed by atoms with Gasteiger partial charge in [0.15, 0.2) is 0 Å². The Hall–Kier alpha value is -0.830. The maximum Gasteiger partial charge on any atom is 0.336 e. The van der Waals surface area contributed by atoms with Crippen molar-refractivity contribution in [2.75, 3.05) is 13.7 Å². The van der Waals surface area contributed by atoms with Crippen molar-refractivity contribution in [3.63, 3.8) is 0 Å². The third-order valence-corrected chi connectivity index (χ3v) is 5.69. The van der Waals surface area contributed by atoms with Crippen molar-refractivity contribution in [2.24, 2.45) is 23.7 Å². The third kappa shape index (κ3) is 2.03. The minimum absolute atomic E-state index is 0.259. The first kappa shape index (κ1) is 13.2. The van der Waals surface area contributed by atoms with Crippen LogP contribution in [0.4, 0.5) is 0 Å². The van der Waals surface area contributed by atoms with Crippen LogP contribution in [0.15, 0.2) is 12.2 Å². The number of ether oxygens (including phenoxy) is 2. The Morgan fingerprint density at radius 1 is 1.37 bits per heavy atom. The molecule has 0 aliphatic heterocycles. The van der Waals surface area contributed by atoms with E-state index in [0.717, 1.165) is 24.2 Å². The number of hydrogen-bond donors (Lipinski definition) is 0. The van der Waals surface area contributed by atoms with Gasteiger partial charge < -0.3 is 9.47 Å². The molecule has 19 heavy (non-hydrogen) atoms. The van der Waals surface area contributed by atoms with E-state index in [1.807, 2.05) is 0 Å². The molecule has 3 nitrogen and oxygen atoms in total. The highest BCUT2D eigenvalue weighted by molar-refractivity contribution is 5.88. The van der Waals surface area contributed by atoms with Crippen LogP contribution in [0, 0.1) is 23.7 Å². The summed E-state index contributed by atoms with van der Waals surface area (Å²) in [5.74, 6) is 2.80. The first-order valence-electron chi connectivity index (χ1n) is 7.45. The van der Waals surface area contributed by atoms with Crippen LogP contribution in [-0.2, 0) is 14.3 Å². The molecule has 3 rings (SSSR count). The molecule has 3 aliphatic carbocycles. The zero-order valence-corrected chi connectivity index (χ0v) is 12.0. The summed E-state index contributed by atoms with van der Waals surface area (Å²) in [6.45, 7) is 6.13. The minimum atomic E-state index is -0.272. The van der Waals surface area contributed by atoms with Gasteiger partial charge in [-0.1, -0.05) is 13.0 Å². The second-order valence-electron chi connectivity index (χ2n) is 6.80. The predicted octanol–water partition coefficient (Wildman–Crippen LogP) is 2.95. The zero-order valence-electron chi connectivity index (χ0n) is 12.0. The molecule has 3 saturated carbocycles. The number of esters is 1. The van der Waals surface area contributed by atoms with Crippen LogP contribution in [0.1, 0.15) is 39.0 Å². The summed E-state index contributed by atoms with van der Waals surface area (Å²) >= 11 is 0. The van der Waals surface area contributed by atoms with Crippen molar-refractivity contribution in [3.8, 4) is 0 Å². The molecule has 0 saturated heterocycles. The second kappa shape index (κ2) is 4.62. The number of methoxy groups -OCH3 is 1. The monoisotopic (exact) mass is 264 g/mol. The molecular weight excluding hydrogens is 240 g/mol. The topological polar surface area (TPSA) is 35.5 Å². The van der Waals surface area contributed by atoms with E-state index in [9.17, 15) is 4.79 Å². The standard InChI is InChI=1S/C16H24O3/c1-10(9-18-3)15(17)19-16(2)8-11-7-14(16)13-6-4-5-12(11)13/h11-14H,1,4-9H2,2-3H3. The lowest BCUT2D eigenvalue weighted by Gasteiger charge is -2.39. The van der Waals surface area contributed by atoms with Crippen LogP contribution in [-0.4, -0.2) is 25.3 Å². The molecule has 0 spiro atoms. The molecule has 0 aromatic rings. The maximum atomic E-state index is 12.1. The summed E-state index contributed by atoms with van der Waals surface area (Å²) in [6.07, 6.45) is 6.40. The van der Waals surface area contributed by atoms with Gasteiger partial charge in [-0.3, -0.25) is 0 Å². The Labute approximate surface area is 115 Å². The molecule has 0 aromatic heterocycles. The zero-order chi connectivity index (χ0) is 13.6. The Balaban J connectivity index is 1.68. The van der Waals surface area contributed by atoms with Gasteiger partial charge in [0.25, 0.3) is 0 Å². The quantitative estimate of drug-likeness (QED) is 0.578. The fourth-order valence-corrected chi connectivity index (χ4v) is 5.02. The molecule has 2 bridgehead atoms. The molecule has 3 aliphatic rings. The van der Waals surface area contributed by atoms with E-state index in [1.54, 1.807) is 7.11 Å². The van der Waals surface area contributed by atoms with Gasteiger partial charge >= 0.3 is 5.97 Å². The Morgan fingerprint density at radius 2 is 2.11 bits per heavy atom. The average Bonchev–Trinajstić information content (AvgIpc) is 2.99. The summed E-state index contributed by atoms with van der Waals surface area (Å²) in [4.78, 5) is 12.1. The summed E-state index contributed by atoms with van der Waals surface area (Å²) in [5, 5.41) is 0. The molecule has 5 atom stereocenters. The van der Waals surface area contributed by atoms with E-state index in [1.165, 1.54) is 25.7 Å². The molecule has 5 unspecified atom stereocenters. The van der Waals surface area contributed by atoms with Gasteiger partial charge in [0.1, 0.15) is 5.60 Å². The van der Waals surface area contributed by atoms with Gasteiger partial charge in [-0.25, -0.2) is 4.79 Å². The highest BCUT2D eigenvalue weighted by Crippen LogP contribution is 2.63. The number of hydrogen-bond acceptors (Lipinski definition) is 3. The van der Waals surface area contributed by atoms with Crippen molar-refractivity contribution < 1.29 is 14.3 Å². The van der Waals surface area contributed by atoms with Crippen molar-refractivity contribution in [3.05, 3.63) is 12.2 Å². The Bertz CT molecular complexity index is 403. The fraction of sp³-hybridized carbons (Fsp3) is 0.812. The summed E-state index contributed by atoms with van der Waals surface area (Å²) in [7, 11) is 1.57. The number of fused-ring (bicyclic) bond motifs is 5. The molecule has 0 radical (unpaired) electrons. The highest BCUT2D eigenvalue weighted by Gasteiger charge is 2.60. The van der Waals surface area contributed by atoms with E-state index in [0.29, 0.717) is 11.5 Å². The molecule has 0 heterocycles. The summed E-state index contributed by atoms with van der Waals surface area (Å²) < 4.78 is 10.8. The molecule has 3 heteroatoms. The van der Waals surface area contributed by atoms with E-state index >= 15 is 0 Å². The van der Waals surface area contributed by atoms with Crippen molar-refractivity contribution in [1.29, 1.82) is 0 Å². The Morgan fingerprint density at radius 3 is 2.84 bits per heavy atom. The molecule has 0 amide bonds. The lowest BCUT2D eigenvalue weighted by Crippen LogP contribution is -2.43. The molecule has 3 fully saturated rings. The lowest BCUT2D eigenvalue weighted by molar-refractivity contribution is -0.162. The highest BCUT2D eigenvalue weighted by atomic mass is 16.6. The molecule has 0 aromatic carbocycles. The van der Waals surface area contributed by atoms with Crippen LogP contribution in [0.25, 0.3) is 0 Å². The third-order valence-electron chi connectivity index (χ3n) is 5.69. The molecular formula is C16H24O3. The minimum Gasteiger partial charge on any atom is -0.456 e. The van der Waals surface area contributed by atoms with Crippen LogP contribution >= 0.6 is 0 Å². The number of carbonyl (C=O) groups excluding carboxylic acids is 1. The van der Waals surface area contributed by atoms with Crippen LogP contribution < -0.4 is 0 Å². The SMILES string of the molecule is C=C(COC)C(=O)OC1(C)CC2CC1C1CCCC21. The largest absolute Gasteiger partial charge is 0.456 e. The summed E-state index contributed by atoms with van der Waals surface area (Å²) in [6, 6.07) is 0. The first-order chi connectivity index (χ1) is 9.05. The Kier molecular flexibility index (Phi) is 3.20. The van der Waals surface area contributed by atoms with Crippen LogP contribution in [0.5, 0.6) is 0 Å². The molecule has 106 valence electrons. The van der Waals surface area contributed by atoms with Crippen molar-refractivity contribution in [1.82, 2.24) is 0 Å². The predicted molar refractivity (Wildman–Crippen MR) is 72.6 cm³/mol. The van der Waals surface area contributed by atoms with Gasteiger partial charge in [-0.15, -0.1) is 0 Å². The van der Waals surface area contributed by atoms with Gasteiger partial charge in [0.05, 0.1) is 12.2 Å². The smallest absolute Gasteiger partial charge is 0.336 e. The van der Waals surface area contributed by atoms with E-state index in [-0.39, 0.29) is 18.2 Å². The fourth-order valence-electron chi connectivity index (χ4n) is 5.02. The maximum absolute atomic E-state index is 12.1. The molecule has 0 N–H and O–H groups in total. The van der Waals surface area contributed by atoms with Crippen LogP contribution in [0.2, 0.25) is 0 Å². The van der Waals surface area contributed by atoms with E-state index in [2.05, 4.69) is 13.5 Å². The number of carbonyl (C=O) groups is 1. The number of rotatable bonds is 4. The van der Waals surface area contributed by atoms with Gasteiger partial charge in [0, 0.05) is 13.0 Å². The normalized spacial score (nSPS) is 43.3. The summed E-state index contributed by atoms with van der Waals surface area (Å²) in [5.41, 5.74) is 0.165. The average molecular weight is 264 g/mol. The second-order valence-corrected chi connectivity index (χ2v) is 6.80. The first-order valence-corrected chi connectivity index (χ1v) is 7.45. The lowest BCUT2D eigenvalue weighted by atomic mass is 9.73.